The second kappa shape index (κ2) is 5.56. The zero-order valence-corrected chi connectivity index (χ0v) is 10.5. The lowest BCUT2D eigenvalue weighted by atomic mass is 10.1. The van der Waals surface area contributed by atoms with Crippen molar-refractivity contribution >= 4 is 28.1 Å². The van der Waals surface area contributed by atoms with E-state index >= 15 is 0 Å². The molecule has 2 nitrogen and oxygen atoms in total. The van der Waals surface area contributed by atoms with Gasteiger partial charge in [0.25, 0.3) is 0 Å². The Morgan fingerprint density at radius 3 is 2.79 bits per heavy atom. The standard InChI is InChI=1S/C10H17ClN2S/c1-4-8-6-14-10(13-8)12-5-9(11)7(2)3/h6-7,9H,4-5H2,1-3H3,(H,12,13). The minimum absolute atomic E-state index is 0.170. The van der Waals surface area contributed by atoms with Crippen molar-refractivity contribution in [3.63, 3.8) is 0 Å². The van der Waals surface area contributed by atoms with Gasteiger partial charge >= 0.3 is 0 Å². The number of alkyl halides is 1. The molecule has 1 aromatic heterocycles. The van der Waals surface area contributed by atoms with Gasteiger partial charge in [0.2, 0.25) is 0 Å². The number of aryl methyl sites for hydroxylation is 1. The maximum absolute atomic E-state index is 6.12. The Labute approximate surface area is 94.7 Å². The van der Waals surface area contributed by atoms with Crippen molar-refractivity contribution in [3.8, 4) is 0 Å². The Kier molecular flexibility index (Phi) is 4.69. The monoisotopic (exact) mass is 232 g/mol. The van der Waals surface area contributed by atoms with Crippen molar-refractivity contribution in [2.45, 2.75) is 32.6 Å². The van der Waals surface area contributed by atoms with Crippen LogP contribution in [0.5, 0.6) is 0 Å². The fourth-order valence-corrected chi connectivity index (χ4v) is 1.85. The van der Waals surface area contributed by atoms with Gasteiger partial charge < -0.3 is 5.32 Å². The highest BCUT2D eigenvalue weighted by molar-refractivity contribution is 7.13. The largest absolute Gasteiger partial charge is 0.360 e. The van der Waals surface area contributed by atoms with E-state index in [0.29, 0.717) is 5.92 Å². The van der Waals surface area contributed by atoms with Crippen LogP contribution >= 0.6 is 22.9 Å². The first-order chi connectivity index (χ1) is 6.63. The van der Waals surface area contributed by atoms with E-state index in [4.69, 9.17) is 11.6 Å². The third-order valence-electron chi connectivity index (χ3n) is 2.09. The predicted molar refractivity (Wildman–Crippen MR) is 64.5 cm³/mol. The molecule has 4 heteroatoms. The zero-order valence-electron chi connectivity index (χ0n) is 8.88. The smallest absolute Gasteiger partial charge is 0.182 e. The second-order valence-electron chi connectivity index (χ2n) is 3.64. The van der Waals surface area contributed by atoms with Crippen molar-refractivity contribution in [1.82, 2.24) is 4.98 Å². The van der Waals surface area contributed by atoms with E-state index in [-0.39, 0.29) is 5.38 Å². The Hall–Kier alpha value is -0.280. The molecule has 0 radical (unpaired) electrons. The molecule has 0 saturated carbocycles. The third-order valence-corrected chi connectivity index (χ3v) is 3.59. The van der Waals surface area contributed by atoms with E-state index in [1.165, 1.54) is 0 Å². The van der Waals surface area contributed by atoms with Crippen LogP contribution in [-0.2, 0) is 6.42 Å². The molecule has 0 saturated heterocycles. The van der Waals surface area contributed by atoms with Crippen LogP contribution in [0, 0.1) is 5.92 Å². The Bertz CT molecular complexity index is 273. The summed E-state index contributed by atoms with van der Waals surface area (Å²) in [4.78, 5) is 4.41. The van der Waals surface area contributed by atoms with Gasteiger partial charge in [-0.2, -0.15) is 0 Å². The first-order valence-corrected chi connectivity index (χ1v) is 6.27. The van der Waals surface area contributed by atoms with E-state index in [2.05, 4.69) is 36.5 Å². The summed E-state index contributed by atoms with van der Waals surface area (Å²) in [6, 6.07) is 0. The lowest BCUT2D eigenvalue weighted by Crippen LogP contribution is -2.19. The molecule has 1 atom stereocenters. The number of hydrogen-bond acceptors (Lipinski definition) is 3. The summed E-state index contributed by atoms with van der Waals surface area (Å²) < 4.78 is 0. The molecule has 0 aliphatic heterocycles. The van der Waals surface area contributed by atoms with Gasteiger partial charge in [-0.15, -0.1) is 22.9 Å². The molecule has 0 fully saturated rings. The summed E-state index contributed by atoms with van der Waals surface area (Å²) in [5.74, 6) is 0.495. The number of thiazole rings is 1. The lowest BCUT2D eigenvalue weighted by molar-refractivity contribution is 0.616. The van der Waals surface area contributed by atoms with Crippen LogP contribution in [0.1, 0.15) is 26.5 Å². The molecule has 1 unspecified atom stereocenters. The van der Waals surface area contributed by atoms with Gasteiger partial charge in [-0.3, -0.25) is 0 Å². The summed E-state index contributed by atoms with van der Waals surface area (Å²) in [6.45, 7) is 7.14. The van der Waals surface area contributed by atoms with E-state index in [9.17, 15) is 0 Å². The van der Waals surface area contributed by atoms with Crippen molar-refractivity contribution < 1.29 is 0 Å². The molecule has 0 bridgehead atoms. The number of rotatable bonds is 5. The normalized spacial score (nSPS) is 13.2. The second-order valence-corrected chi connectivity index (χ2v) is 5.06. The van der Waals surface area contributed by atoms with E-state index in [1.807, 2.05) is 0 Å². The summed E-state index contributed by atoms with van der Waals surface area (Å²) in [7, 11) is 0. The molecular formula is C10H17ClN2S. The number of halogens is 1. The van der Waals surface area contributed by atoms with Gasteiger partial charge in [0, 0.05) is 11.9 Å². The van der Waals surface area contributed by atoms with Gasteiger partial charge in [0.15, 0.2) is 5.13 Å². The average Bonchev–Trinajstić information content (AvgIpc) is 2.61. The molecule has 1 N–H and O–H groups in total. The highest BCUT2D eigenvalue weighted by Crippen LogP contribution is 2.17. The lowest BCUT2D eigenvalue weighted by Gasteiger charge is -2.13. The van der Waals surface area contributed by atoms with Crippen LogP contribution in [0.3, 0.4) is 0 Å². The number of anilines is 1. The predicted octanol–water partition coefficient (Wildman–Crippen LogP) is 3.38. The molecule has 1 aromatic rings. The fourth-order valence-electron chi connectivity index (χ4n) is 0.971. The molecule has 0 aliphatic carbocycles. The molecule has 1 heterocycles. The van der Waals surface area contributed by atoms with Crippen LogP contribution in [0.15, 0.2) is 5.38 Å². The molecule has 0 spiro atoms. The minimum atomic E-state index is 0.170. The van der Waals surface area contributed by atoms with Crippen LogP contribution in [0.25, 0.3) is 0 Å². The quantitative estimate of drug-likeness (QED) is 0.788. The summed E-state index contributed by atoms with van der Waals surface area (Å²) in [6.07, 6.45) is 0.993. The van der Waals surface area contributed by atoms with Crippen LogP contribution in [-0.4, -0.2) is 16.9 Å². The maximum Gasteiger partial charge on any atom is 0.182 e. The van der Waals surface area contributed by atoms with Gasteiger partial charge in [-0.05, 0) is 12.3 Å². The van der Waals surface area contributed by atoms with Crippen LogP contribution < -0.4 is 5.32 Å². The van der Waals surface area contributed by atoms with Gasteiger partial charge in [-0.1, -0.05) is 20.8 Å². The molecule has 1 rings (SSSR count). The Morgan fingerprint density at radius 2 is 2.29 bits per heavy atom. The topological polar surface area (TPSA) is 24.9 Å². The number of hydrogen-bond donors (Lipinski definition) is 1. The fraction of sp³-hybridized carbons (Fsp3) is 0.700. The van der Waals surface area contributed by atoms with Crippen molar-refractivity contribution in [2.24, 2.45) is 5.92 Å². The molecular weight excluding hydrogens is 216 g/mol. The first-order valence-electron chi connectivity index (χ1n) is 4.95. The van der Waals surface area contributed by atoms with Crippen LogP contribution in [0.4, 0.5) is 5.13 Å². The maximum atomic E-state index is 6.12. The molecule has 14 heavy (non-hydrogen) atoms. The molecule has 0 aliphatic rings. The first kappa shape index (κ1) is 11.8. The zero-order chi connectivity index (χ0) is 10.6. The van der Waals surface area contributed by atoms with Crippen LogP contribution in [0.2, 0.25) is 0 Å². The Balaban J connectivity index is 2.37. The molecule has 0 aromatic carbocycles. The van der Waals surface area contributed by atoms with Gasteiger partial charge in [0.05, 0.1) is 11.1 Å². The number of nitrogens with one attached hydrogen (secondary N) is 1. The van der Waals surface area contributed by atoms with E-state index < -0.39 is 0 Å². The van der Waals surface area contributed by atoms with Crippen molar-refractivity contribution in [2.75, 3.05) is 11.9 Å². The van der Waals surface area contributed by atoms with E-state index in [1.54, 1.807) is 11.3 Å². The summed E-state index contributed by atoms with van der Waals surface area (Å²) in [5, 5.41) is 6.49. The van der Waals surface area contributed by atoms with Gasteiger partial charge in [0.1, 0.15) is 0 Å². The van der Waals surface area contributed by atoms with Crippen molar-refractivity contribution in [3.05, 3.63) is 11.1 Å². The number of aromatic nitrogens is 1. The average molecular weight is 233 g/mol. The van der Waals surface area contributed by atoms with Crippen molar-refractivity contribution in [1.29, 1.82) is 0 Å². The number of nitrogens with zero attached hydrogens (tertiary/aromatic N) is 1. The SMILES string of the molecule is CCc1csc(NCC(Cl)C(C)C)n1. The van der Waals surface area contributed by atoms with E-state index in [0.717, 1.165) is 23.8 Å². The highest BCUT2D eigenvalue weighted by Gasteiger charge is 2.09. The third kappa shape index (κ3) is 3.46. The molecule has 0 amide bonds. The molecule has 80 valence electrons. The van der Waals surface area contributed by atoms with Gasteiger partial charge in [-0.25, -0.2) is 4.98 Å². The minimum Gasteiger partial charge on any atom is -0.360 e. The summed E-state index contributed by atoms with van der Waals surface area (Å²) in [5.41, 5.74) is 1.15. The highest BCUT2D eigenvalue weighted by atomic mass is 35.5. The Morgan fingerprint density at radius 1 is 1.57 bits per heavy atom. The summed E-state index contributed by atoms with van der Waals surface area (Å²) >= 11 is 7.77.